The van der Waals surface area contributed by atoms with Crippen LogP contribution >= 0.6 is 0 Å². The molecule has 1 aromatic carbocycles. The van der Waals surface area contributed by atoms with E-state index >= 15 is 0 Å². The van der Waals surface area contributed by atoms with Gasteiger partial charge >= 0.3 is 0 Å². The van der Waals surface area contributed by atoms with Crippen LogP contribution in [0.5, 0.6) is 0 Å². The Morgan fingerprint density at radius 1 is 1.00 bits per heavy atom. The molecule has 0 saturated carbocycles. The molecule has 17 heavy (non-hydrogen) atoms. The minimum absolute atomic E-state index is 1.14. The summed E-state index contributed by atoms with van der Waals surface area (Å²) in [5.74, 6) is 0. The second-order valence-electron chi connectivity index (χ2n) is 3.72. The molecule has 0 aliphatic heterocycles. The van der Waals surface area contributed by atoms with Crippen molar-refractivity contribution >= 4 is 5.69 Å². The number of benzene rings is 1. The van der Waals surface area contributed by atoms with Gasteiger partial charge < -0.3 is 10.2 Å². The van der Waals surface area contributed by atoms with Crippen molar-refractivity contribution in [2.24, 2.45) is 0 Å². The molecule has 0 saturated heterocycles. The molecule has 0 aliphatic carbocycles. The van der Waals surface area contributed by atoms with Crippen LogP contribution in [-0.2, 0) is 6.42 Å². The van der Waals surface area contributed by atoms with Crippen LogP contribution in [0.3, 0.4) is 0 Å². The van der Waals surface area contributed by atoms with Gasteiger partial charge in [0.25, 0.3) is 0 Å². The summed E-state index contributed by atoms with van der Waals surface area (Å²) in [4.78, 5) is 2.45. The third-order valence-electron chi connectivity index (χ3n) is 2.85. The second kappa shape index (κ2) is 10.2. The maximum atomic E-state index is 3.13. The van der Waals surface area contributed by atoms with Crippen molar-refractivity contribution in [3.8, 4) is 0 Å². The van der Waals surface area contributed by atoms with Crippen molar-refractivity contribution in [1.29, 1.82) is 0 Å². The number of hydrogen-bond donors (Lipinski definition) is 1. The molecule has 0 aliphatic rings. The molecule has 0 aromatic heterocycles. The summed E-state index contributed by atoms with van der Waals surface area (Å²) >= 11 is 0. The monoisotopic (exact) mass is 236 g/mol. The van der Waals surface area contributed by atoms with Gasteiger partial charge in [0.15, 0.2) is 0 Å². The van der Waals surface area contributed by atoms with E-state index in [0.29, 0.717) is 0 Å². The largest absolute Gasteiger partial charge is 0.388 e. The molecule has 1 aromatic rings. The molecule has 1 rings (SSSR count). The van der Waals surface area contributed by atoms with Crippen LogP contribution in [0.1, 0.15) is 33.3 Å². The van der Waals surface area contributed by atoms with E-state index in [-0.39, 0.29) is 0 Å². The fraction of sp³-hybridized carbons (Fsp3) is 0.600. The maximum absolute atomic E-state index is 3.13. The highest BCUT2D eigenvalue weighted by Crippen LogP contribution is 2.09. The Bertz CT molecular complexity index is 263. The van der Waals surface area contributed by atoms with Crippen molar-refractivity contribution in [1.82, 2.24) is 4.90 Å². The van der Waals surface area contributed by atoms with Gasteiger partial charge in [0.05, 0.1) is 0 Å². The van der Waals surface area contributed by atoms with Crippen LogP contribution < -0.4 is 5.32 Å². The first kappa shape index (κ1) is 16.0. The van der Waals surface area contributed by atoms with Gasteiger partial charge in [-0.3, -0.25) is 0 Å². The van der Waals surface area contributed by atoms with Crippen molar-refractivity contribution in [2.45, 2.75) is 34.1 Å². The molecule has 0 amide bonds. The second-order valence-corrected chi connectivity index (χ2v) is 3.72. The Balaban J connectivity index is 0.00000121. The van der Waals surface area contributed by atoms with E-state index in [2.05, 4.69) is 48.3 Å². The first-order chi connectivity index (χ1) is 8.30. The van der Waals surface area contributed by atoms with Crippen LogP contribution in [0.25, 0.3) is 0 Å². The lowest BCUT2D eigenvalue weighted by Crippen LogP contribution is -2.25. The molecular formula is C15H28N2. The first-order valence-corrected chi connectivity index (χ1v) is 6.79. The SMILES string of the molecule is CC.CCN(CC)CCc1ccc(NC)cc1. The Morgan fingerprint density at radius 3 is 1.94 bits per heavy atom. The Morgan fingerprint density at radius 2 is 1.53 bits per heavy atom. The fourth-order valence-electron chi connectivity index (χ4n) is 1.67. The van der Waals surface area contributed by atoms with E-state index < -0.39 is 0 Å². The summed E-state index contributed by atoms with van der Waals surface area (Å²) in [5.41, 5.74) is 2.60. The molecule has 98 valence electrons. The summed E-state index contributed by atoms with van der Waals surface area (Å²) < 4.78 is 0. The Labute approximate surface area is 107 Å². The van der Waals surface area contributed by atoms with Crippen molar-refractivity contribution in [2.75, 3.05) is 32.0 Å². The lowest BCUT2D eigenvalue weighted by Gasteiger charge is -2.17. The highest BCUT2D eigenvalue weighted by atomic mass is 15.1. The first-order valence-electron chi connectivity index (χ1n) is 6.79. The van der Waals surface area contributed by atoms with Gasteiger partial charge in [-0.1, -0.05) is 39.8 Å². The zero-order valence-corrected chi connectivity index (χ0v) is 12.1. The summed E-state index contributed by atoms with van der Waals surface area (Å²) in [6.07, 6.45) is 1.14. The Hall–Kier alpha value is -1.02. The molecule has 0 spiro atoms. The topological polar surface area (TPSA) is 15.3 Å². The number of nitrogens with one attached hydrogen (secondary N) is 1. The van der Waals surface area contributed by atoms with Gasteiger partial charge in [-0.15, -0.1) is 0 Å². The number of rotatable bonds is 6. The molecule has 2 nitrogen and oxygen atoms in total. The van der Waals surface area contributed by atoms with Crippen molar-refractivity contribution < 1.29 is 0 Å². The standard InChI is InChI=1S/C13H22N2.C2H6/c1-4-15(5-2)11-10-12-6-8-13(14-3)9-7-12;1-2/h6-9,14H,4-5,10-11H2,1-3H3;1-2H3. The van der Waals surface area contributed by atoms with Gasteiger partial charge in [0, 0.05) is 19.3 Å². The third-order valence-corrected chi connectivity index (χ3v) is 2.85. The van der Waals surface area contributed by atoms with Crippen LogP contribution in [0.15, 0.2) is 24.3 Å². The van der Waals surface area contributed by atoms with E-state index in [1.807, 2.05) is 20.9 Å². The molecule has 0 fully saturated rings. The number of hydrogen-bond acceptors (Lipinski definition) is 2. The summed E-state index contributed by atoms with van der Waals surface area (Å²) in [5, 5.41) is 3.13. The van der Waals surface area contributed by atoms with E-state index in [9.17, 15) is 0 Å². The predicted molar refractivity (Wildman–Crippen MR) is 78.8 cm³/mol. The molecular weight excluding hydrogens is 208 g/mol. The van der Waals surface area contributed by atoms with Crippen LogP contribution in [0, 0.1) is 0 Å². The molecule has 1 N–H and O–H groups in total. The number of anilines is 1. The maximum Gasteiger partial charge on any atom is 0.0337 e. The lowest BCUT2D eigenvalue weighted by atomic mass is 10.1. The fourth-order valence-corrected chi connectivity index (χ4v) is 1.67. The lowest BCUT2D eigenvalue weighted by molar-refractivity contribution is 0.308. The van der Waals surface area contributed by atoms with Gasteiger partial charge in [0.1, 0.15) is 0 Å². The molecule has 0 atom stereocenters. The van der Waals surface area contributed by atoms with Crippen LogP contribution in [0.2, 0.25) is 0 Å². The molecule has 0 heterocycles. The zero-order chi connectivity index (χ0) is 13.1. The third kappa shape index (κ3) is 6.32. The van der Waals surface area contributed by atoms with Gasteiger partial charge in [0.2, 0.25) is 0 Å². The highest BCUT2D eigenvalue weighted by Gasteiger charge is 1.99. The van der Waals surface area contributed by atoms with E-state index in [1.54, 1.807) is 0 Å². The van der Waals surface area contributed by atoms with Gasteiger partial charge in [-0.25, -0.2) is 0 Å². The van der Waals surface area contributed by atoms with Crippen molar-refractivity contribution in [3.05, 3.63) is 29.8 Å². The van der Waals surface area contributed by atoms with E-state index in [1.165, 1.54) is 11.3 Å². The zero-order valence-electron chi connectivity index (χ0n) is 12.1. The molecule has 0 radical (unpaired) electrons. The predicted octanol–water partition coefficient (Wildman–Crippen LogP) is 3.64. The smallest absolute Gasteiger partial charge is 0.0337 e. The average molecular weight is 236 g/mol. The van der Waals surface area contributed by atoms with Gasteiger partial charge in [-0.05, 0) is 37.2 Å². The van der Waals surface area contributed by atoms with Gasteiger partial charge in [-0.2, -0.15) is 0 Å². The minimum Gasteiger partial charge on any atom is -0.388 e. The molecule has 0 bridgehead atoms. The molecule has 2 heteroatoms. The minimum atomic E-state index is 1.14. The summed E-state index contributed by atoms with van der Waals surface area (Å²) in [6.45, 7) is 11.9. The molecule has 0 unspecified atom stereocenters. The van der Waals surface area contributed by atoms with Crippen LogP contribution in [-0.4, -0.2) is 31.6 Å². The number of nitrogens with zero attached hydrogens (tertiary/aromatic N) is 1. The Kier molecular flexibility index (Phi) is 9.55. The summed E-state index contributed by atoms with van der Waals surface area (Å²) in [7, 11) is 1.95. The quantitative estimate of drug-likeness (QED) is 0.811. The van der Waals surface area contributed by atoms with E-state index in [4.69, 9.17) is 0 Å². The highest BCUT2D eigenvalue weighted by molar-refractivity contribution is 5.43. The average Bonchev–Trinajstić information content (AvgIpc) is 2.43. The van der Waals surface area contributed by atoms with Crippen molar-refractivity contribution in [3.63, 3.8) is 0 Å². The number of likely N-dealkylation sites (N-methyl/N-ethyl adjacent to an activating group) is 1. The summed E-state index contributed by atoms with van der Waals surface area (Å²) in [6, 6.07) is 8.68. The van der Waals surface area contributed by atoms with E-state index in [0.717, 1.165) is 26.1 Å². The van der Waals surface area contributed by atoms with Crippen LogP contribution in [0.4, 0.5) is 5.69 Å². The normalized spacial score (nSPS) is 9.76.